The Bertz CT molecular complexity index is 454. The van der Waals surface area contributed by atoms with Crippen molar-refractivity contribution in [1.29, 1.82) is 0 Å². The van der Waals surface area contributed by atoms with Gasteiger partial charge in [-0.1, -0.05) is 11.6 Å². The van der Waals surface area contributed by atoms with Crippen molar-refractivity contribution in [1.82, 2.24) is 0 Å². The molecule has 108 valence electrons. The SMILES string of the molecule is COc1cc(Cl)c(C(O)C(F)(F)C(F)F)cc1OC. The Hall–Kier alpha value is -1.21. The van der Waals surface area contributed by atoms with E-state index in [-0.39, 0.29) is 16.5 Å². The highest BCUT2D eigenvalue weighted by atomic mass is 35.5. The molecule has 1 unspecified atom stereocenters. The highest BCUT2D eigenvalue weighted by Crippen LogP contribution is 2.42. The van der Waals surface area contributed by atoms with Crippen molar-refractivity contribution >= 4 is 11.6 Å². The van der Waals surface area contributed by atoms with E-state index < -0.39 is 24.0 Å². The molecule has 1 aromatic rings. The maximum atomic E-state index is 13.1. The third-order valence-electron chi connectivity index (χ3n) is 2.45. The lowest BCUT2D eigenvalue weighted by Crippen LogP contribution is -2.34. The van der Waals surface area contributed by atoms with Crippen LogP contribution in [0.2, 0.25) is 5.02 Å². The molecule has 0 saturated carbocycles. The molecule has 0 aromatic heterocycles. The number of benzene rings is 1. The van der Waals surface area contributed by atoms with E-state index in [0.29, 0.717) is 0 Å². The van der Waals surface area contributed by atoms with Gasteiger partial charge < -0.3 is 14.6 Å². The molecule has 0 aliphatic rings. The van der Waals surface area contributed by atoms with Crippen molar-refractivity contribution in [2.75, 3.05) is 14.2 Å². The largest absolute Gasteiger partial charge is 0.493 e. The van der Waals surface area contributed by atoms with Crippen LogP contribution < -0.4 is 9.47 Å². The van der Waals surface area contributed by atoms with Gasteiger partial charge in [-0.15, -0.1) is 0 Å². The Morgan fingerprint density at radius 1 is 1.16 bits per heavy atom. The monoisotopic (exact) mass is 302 g/mol. The number of halogens is 5. The summed E-state index contributed by atoms with van der Waals surface area (Å²) in [4.78, 5) is 0. The quantitative estimate of drug-likeness (QED) is 0.848. The molecule has 0 radical (unpaired) electrons. The fourth-order valence-corrected chi connectivity index (χ4v) is 1.66. The van der Waals surface area contributed by atoms with E-state index in [9.17, 15) is 22.7 Å². The van der Waals surface area contributed by atoms with Crippen molar-refractivity contribution in [3.8, 4) is 11.5 Å². The van der Waals surface area contributed by atoms with Gasteiger partial charge in [0.15, 0.2) is 11.5 Å². The third kappa shape index (κ3) is 3.03. The molecule has 1 aromatic carbocycles. The minimum atomic E-state index is -4.62. The molecule has 0 aliphatic carbocycles. The second-order valence-electron chi connectivity index (χ2n) is 3.61. The molecule has 0 amide bonds. The predicted molar refractivity (Wildman–Crippen MR) is 60.5 cm³/mol. The van der Waals surface area contributed by atoms with Gasteiger partial charge in [-0.05, 0) is 6.07 Å². The van der Waals surface area contributed by atoms with Crippen LogP contribution >= 0.6 is 11.6 Å². The van der Waals surface area contributed by atoms with Crippen molar-refractivity contribution < 1.29 is 32.1 Å². The van der Waals surface area contributed by atoms with E-state index in [4.69, 9.17) is 21.1 Å². The second-order valence-corrected chi connectivity index (χ2v) is 4.01. The summed E-state index contributed by atoms with van der Waals surface area (Å²) in [5, 5.41) is 9.04. The molecule has 1 rings (SSSR count). The van der Waals surface area contributed by atoms with Crippen LogP contribution in [0.1, 0.15) is 11.7 Å². The molecule has 1 N–H and O–H groups in total. The molecular weight excluding hydrogens is 292 g/mol. The van der Waals surface area contributed by atoms with Crippen molar-refractivity contribution in [2.45, 2.75) is 18.5 Å². The minimum Gasteiger partial charge on any atom is -0.493 e. The summed E-state index contributed by atoms with van der Waals surface area (Å²) in [6.07, 6.45) is -6.77. The summed E-state index contributed by atoms with van der Waals surface area (Å²) < 4.78 is 60.3. The number of ether oxygens (including phenoxy) is 2. The second kappa shape index (κ2) is 5.83. The lowest BCUT2D eigenvalue weighted by molar-refractivity contribution is -0.193. The Morgan fingerprint density at radius 2 is 1.63 bits per heavy atom. The predicted octanol–water partition coefficient (Wildman–Crippen LogP) is 3.29. The number of rotatable bonds is 5. The lowest BCUT2D eigenvalue weighted by atomic mass is 10.0. The summed E-state index contributed by atoms with van der Waals surface area (Å²) in [5.74, 6) is -4.50. The molecule has 0 heterocycles. The first-order chi connectivity index (χ1) is 8.75. The molecule has 1 atom stereocenters. The molecule has 0 saturated heterocycles. The van der Waals surface area contributed by atoms with Gasteiger partial charge in [0.1, 0.15) is 6.10 Å². The van der Waals surface area contributed by atoms with Gasteiger partial charge in [0.25, 0.3) is 0 Å². The summed E-state index contributed by atoms with van der Waals surface area (Å²) in [5.41, 5.74) is -0.565. The zero-order valence-corrected chi connectivity index (χ0v) is 10.7. The Kier molecular flexibility index (Phi) is 4.86. The van der Waals surface area contributed by atoms with E-state index in [2.05, 4.69) is 0 Å². The van der Waals surface area contributed by atoms with E-state index in [1.165, 1.54) is 14.2 Å². The smallest absolute Gasteiger partial charge is 0.336 e. The van der Waals surface area contributed by atoms with Gasteiger partial charge in [0, 0.05) is 11.6 Å². The van der Waals surface area contributed by atoms with Crippen LogP contribution in [0.25, 0.3) is 0 Å². The topological polar surface area (TPSA) is 38.7 Å². The van der Waals surface area contributed by atoms with Crippen molar-refractivity contribution in [2.24, 2.45) is 0 Å². The maximum Gasteiger partial charge on any atom is 0.336 e. The standard InChI is InChI=1S/C11H11ClF4O3/c1-18-7-3-5(6(12)4-8(7)19-2)9(17)11(15,16)10(13)14/h3-4,9-10,17H,1-2H3. The number of aliphatic hydroxyl groups excluding tert-OH is 1. The Balaban J connectivity index is 3.28. The fraction of sp³-hybridized carbons (Fsp3) is 0.455. The fourth-order valence-electron chi connectivity index (χ4n) is 1.41. The first-order valence-corrected chi connectivity index (χ1v) is 5.39. The summed E-state index contributed by atoms with van der Waals surface area (Å²) in [7, 11) is 2.52. The summed E-state index contributed by atoms with van der Waals surface area (Å²) in [6.45, 7) is 0. The average Bonchev–Trinajstić information content (AvgIpc) is 2.37. The molecule has 0 fully saturated rings. The molecule has 8 heteroatoms. The van der Waals surface area contributed by atoms with Crippen LogP contribution in [-0.2, 0) is 0 Å². The van der Waals surface area contributed by atoms with Crippen molar-refractivity contribution in [3.05, 3.63) is 22.7 Å². The Morgan fingerprint density at radius 3 is 2.05 bits per heavy atom. The number of aliphatic hydroxyl groups is 1. The molecule has 0 bridgehead atoms. The molecule has 0 aliphatic heterocycles. The van der Waals surface area contributed by atoms with E-state index in [0.717, 1.165) is 12.1 Å². The van der Waals surface area contributed by atoms with Crippen LogP contribution in [0.3, 0.4) is 0 Å². The van der Waals surface area contributed by atoms with Gasteiger partial charge in [-0.3, -0.25) is 0 Å². The van der Waals surface area contributed by atoms with Gasteiger partial charge >= 0.3 is 12.3 Å². The number of hydrogen-bond acceptors (Lipinski definition) is 3. The molecular formula is C11H11ClF4O3. The average molecular weight is 303 g/mol. The number of hydrogen-bond donors (Lipinski definition) is 1. The van der Waals surface area contributed by atoms with Gasteiger partial charge in [0.2, 0.25) is 0 Å². The first kappa shape index (κ1) is 15.8. The van der Waals surface area contributed by atoms with E-state index in [1.807, 2.05) is 0 Å². The van der Waals surface area contributed by atoms with Crippen LogP contribution in [0.4, 0.5) is 17.6 Å². The zero-order valence-electron chi connectivity index (χ0n) is 9.96. The third-order valence-corrected chi connectivity index (χ3v) is 2.78. The summed E-state index contributed by atoms with van der Waals surface area (Å²) in [6, 6.07) is 2.03. The van der Waals surface area contributed by atoms with Crippen LogP contribution in [0.15, 0.2) is 12.1 Å². The minimum absolute atomic E-state index is 0.00832. The van der Waals surface area contributed by atoms with E-state index in [1.54, 1.807) is 0 Å². The van der Waals surface area contributed by atoms with Gasteiger partial charge in [-0.25, -0.2) is 8.78 Å². The maximum absolute atomic E-state index is 13.1. The van der Waals surface area contributed by atoms with Gasteiger partial charge in [-0.2, -0.15) is 8.78 Å². The van der Waals surface area contributed by atoms with E-state index >= 15 is 0 Å². The van der Waals surface area contributed by atoms with Crippen LogP contribution in [-0.4, -0.2) is 31.7 Å². The zero-order chi connectivity index (χ0) is 14.8. The number of methoxy groups -OCH3 is 2. The first-order valence-electron chi connectivity index (χ1n) is 5.01. The number of alkyl halides is 4. The lowest BCUT2D eigenvalue weighted by Gasteiger charge is -2.23. The van der Waals surface area contributed by atoms with Gasteiger partial charge in [0.05, 0.1) is 19.2 Å². The highest BCUT2D eigenvalue weighted by Gasteiger charge is 2.49. The molecule has 19 heavy (non-hydrogen) atoms. The molecule has 3 nitrogen and oxygen atoms in total. The Labute approximate surface area is 111 Å². The summed E-state index contributed by atoms with van der Waals surface area (Å²) >= 11 is 5.67. The van der Waals surface area contributed by atoms with Crippen LogP contribution in [0, 0.1) is 0 Å². The van der Waals surface area contributed by atoms with Crippen LogP contribution in [0.5, 0.6) is 11.5 Å². The highest BCUT2D eigenvalue weighted by molar-refractivity contribution is 6.31. The molecule has 0 spiro atoms. The van der Waals surface area contributed by atoms with Crippen molar-refractivity contribution in [3.63, 3.8) is 0 Å². The normalized spacial score (nSPS) is 13.5.